The molecule has 0 aliphatic carbocycles. The summed E-state index contributed by atoms with van der Waals surface area (Å²) in [7, 11) is 0. The lowest BCUT2D eigenvalue weighted by atomic mass is 9.97. The molecule has 3 rings (SSSR count). The minimum absolute atomic E-state index is 0.0678. The molecule has 1 saturated heterocycles. The molecular formula is C18H21N3O. The zero-order chi connectivity index (χ0) is 15.9. The average Bonchev–Trinajstić information content (AvgIpc) is 2.46. The molecule has 2 aromatic rings. The molecule has 1 aromatic heterocycles. The number of hydrogen-bond acceptors (Lipinski definition) is 4. The molecule has 1 fully saturated rings. The summed E-state index contributed by atoms with van der Waals surface area (Å²) in [4.78, 5) is 6.93. The van der Waals surface area contributed by atoms with Gasteiger partial charge in [-0.3, -0.25) is 0 Å². The van der Waals surface area contributed by atoms with Crippen LogP contribution < -0.4 is 4.90 Å². The summed E-state index contributed by atoms with van der Waals surface area (Å²) in [6.07, 6.45) is 2.37. The maximum Gasteiger partial charge on any atom is 0.145 e. The van der Waals surface area contributed by atoms with Crippen LogP contribution in [0, 0.1) is 31.1 Å². The van der Waals surface area contributed by atoms with Crippen LogP contribution in [0.3, 0.4) is 0 Å². The van der Waals surface area contributed by atoms with Crippen LogP contribution in [0.2, 0.25) is 0 Å². The number of aromatic nitrogens is 1. The second-order valence-corrected chi connectivity index (χ2v) is 6.41. The van der Waals surface area contributed by atoms with Gasteiger partial charge in [0.2, 0.25) is 0 Å². The molecule has 1 N–H and O–H groups in total. The van der Waals surface area contributed by atoms with Crippen molar-refractivity contribution in [1.82, 2.24) is 4.98 Å². The second-order valence-electron chi connectivity index (χ2n) is 6.41. The fourth-order valence-electron chi connectivity index (χ4n) is 3.41. The molecule has 114 valence electrons. The summed E-state index contributed by atoms with van der Waals surface area (Å²) >= 11 is 0. The third-order valence-corrected chi connectivity index (χ3v) is 4.47. The Kier molecular flexibility index (Phi) is 3.66. The minimum atomic E-state index is 0.0678. The van der Waals surface area contributed by atoms with E-state index in [-0.39, 0.29) is 5.75 Å². The molecule has 0 radical (unpaired) electrons. The molecule has 1 aliphatic heterocycles. The smallest absolute Gasteiger partial charge is 0.145 e. The van der Waals surface area contributed by atoms with Crippen LogP contribution in [-0.2, 0) is 0 Å². The molecule has 22 heavy (non-hydrogen) atoms. The summed E-state index contributed by atoms with van der Waals surface area (Å²) in [6, 6.07) is 6.06. The van der Waals surface area contributed by atoms with Crippen LogP contribution in [0.1, 0.15) is 36.6 Å². The zero-order valence-corrected chi connectivity index (χ0v) is 13.3. The maximum atomic E-state index is 10.6. The van der Waals surface area contributed by atoms with Crippen molar-refractivity contribution in [2.24, 2.45) is 5.92 Å². The fraction of sp³-hybridized carbons (Fsp3) is 0.444. The molecule has 2 heterocycles. The predicted molar refractivity (Wildman–Crippen MR) is 88.2 cm³/mol. The Morgan fingerprint density at radius 2 is 2.14 bits per heavy atom. The summed E-state index contributed by atoms with van der Waals surface area (Å²) in [5, 5.41) is 21.6. The number of nitrogens with zero attached hydrogens (tertiary/aromatic N) is 3. The van der Waals surface area contributed by atoms with Gasteiger partial charge in [-0.2, -0.15) is 5.26 Å². The van der Waals surface area contributed by atoms with Gasteiger partial charge in [0.15, 0.2) is 0 Å². The van der Waals surface area contributed by atoms with E-state index in [1.54, 1.807) is 0 Å². The Bertz CT molecular complexity index is 776. The van der Waals surface area contributed by atoms with Gasteiger partial charge in [0.1, 0.15) is 17.6 Å². The van der Waals surface area contributed by atoms with Crippen molar-refractivity contribution < 1.29 is 5.11 Å². The van der Waals surface area contributed by atoms with E-state index in [4.69, 9.17) is 0 Å². The summed E-state index contributed by atoms with van der Waals surface area (Å²) < 4.78 is 0. The highest BCUT2D eigenvalue weighted by molar-refractivity contribution is 5.99. The number of phenols is 1. The first kappa shape index (κ1) is 14.6. The maximum absolute atomic E-state index is 10.6. The van der Waals surface area contributed by atoms with E-state index in [9.17, 15) is 10.4 Å². The Hall–Kier alpha value is -2.28. The summed E-state index contributed by atoms with van der Waals surface area (Å²) in [6.45, 7) is 7.97. The van der Waals surface area contributed by atoms with Crippen molar-refractivity contribution in [3.63, 3.8) is 0 Å². The van der Waals surface area contributed by atoms with Crippen molar-refractivity contribution in [3.05, 3.63) is 29.0 Å². The Morgan fingerprint density at radius 1 is 1.36 bits per heavy atom. The van der Waals surface area contributed by atoms with Crippen LogP contribution in [0.4, 0.5) is 5.82 Å². The zero-order valence-electron chi connectivity index (χ0n) is 13.3. The number of aromatic hydroxyl groups is 1. The van der Waals surface area contributed by atoms with E-state index in [0.717, 1.165) is 42.0 Å². The molecule has 1 unspecified atom stereocenters. The fourth-order valence-corrected chi connectivity index (χ4v) is 3.41. The van der Waals surface area contributed by atoms with Crippen LogP contribution in [0.15, 0.2) is 12.1 Å². The highest BCUT2D eigenvalue weighted by Crippen LogP contribution is 2.38. The molecule has 4 nitrogen and oxygen atoms in total. The van der Waals surface area contributed by atoms with Crippen molar-refractivity contribution in [1.29, 1.82) is 5.26 Å². The van der Waals surface area contributed by atoms with Gasteiger partial charge in [0.05, 0.1) is 10.9 Å². The summed E-state index contributed by atoms with van der Waals surface area (Å²) in [5.41, 5.74) is 2.09. The highest BCUT2D eigenvalue weighted by atomic mass is 16.3. The van der Waals surface area contributed by atoms with E-state index < -0.39 is 0 Å². The Morgan fingerprint density at radius 3 is 2.82 bits per heavy atom. The lowest BCUT2D eigenvalue weighted by Crippen LogP contribution is -2.35. The van der Waals surface area contributed by atoms with Crippen molar-refractivity contribution in [2.45, 2.75) is 33.6 Å². The number of aryl methyl sites for hydroxylation is 2. The Balaban J connectivity index is 2.27. The van der Waals surface area contributed by atoms with Gasteiger partial charge in [-0.25, -0.2) is 4.98 Å². The number of nitriles is 1. The SMILES string of the molecule is Cc1cc2cc(C)c(C#N)c(O)c2c(N2CCCC(C)C2)n1. The number of anilines is 1. The quantitative estimate of drug-likeness (QED) is 0.872. The third kappa shape index (κ3) is 2.37. The first-order valence-electron chi connectivity index (χ1n) is 7.80. The third-order valence-electron chi connectivity index (χ3n) is 4.47. The van der Waals surface area contributed by atoms with E-state index >= 15 is 0 Å². The summed E-state index contributed by atoms with van der Waals surface area (Å²) in [5.74, 6) is 1.50. The van der Waals surface area contributed by atoms with Crippen LogP contribution in [0.25, 0.3) is 10.8 Å². The van der Waals surface area contributed by atoms with Crippen LogP contribution in [0.5, 0.6) is 5.75 Å². The van der Waals surface area contributed by atoms with E-state index in [0.29, 0.717) is 16.9 Å². The first-order valence-corrected chi connectivity index (χ1v) is 7.80. The predicted octanol–water partition coefficient (Wildman–Crippen LogP) is 3.67. The number of piperidine rings is 1. The van der Waals surface area contributed by atoms with Crippen LogP contribution >= 0.6 is 0 Å². The molecular weight excluding hydrogens is 274 g/mol. The normalized spacial score (nSPS) is 18.5. The van der Waals surface area contributed by atoms with Crippen molar-refractivity contribution in [2.75, 3.05) is 18.0 Å². The topological polar surface area (TPSA) is 60.1 Å². The van der Waals surface area contributed by atoms with Gasteiger partial charge >= 0.3 is 0 Å². The second kappa shape index (κ2) is 5.49. The van der Waals surface area contributed by atoms with Crippen molar-refractivity contribution >= 4 is 16.6 Å². The standard InChI is InChI=1S/C18H21N3O/c1-11-5-4-6-21(10-11)18-16-14(8-13(3)20-18)7-12(2)15(9-19)17(16)22/h7-8,11,22H,4-6,10H2,1-3H3. The molecule has 0 bridgehead atoms. The molecule has 1 atom stereocenters. The Labute approximate surface area is 131 Å². The number of pyridine rings is 1. The van der Waals surface area contributed by atoms with Gasteiger partial charge in [-0.1, -0.05) is 6.92 Å². The van der Waals surface area contributed by atoms with E-state index in [1.165, 1.54) is 6.42 Å². The van der Waals surface area contributed by atoms with Gasteiger partial charge in [0.25, 0.3) is 0 Å². The number of phenolic OH excluding ortho intramolecular Hbond substituents is 1. The highest BCUT2D eigenvalue weighted by Gasteiger charge is 2.23. The van der Waals surface area contributed by atoms with Gasteiger partial charge in [-0.05, 0) is 55.7 Å². The van der Waals surface area contributed by atoms with Gasteiger partial charge in [-0.15, -0.1) is 0 Å². The van der Waals surface area contributed by atoms with E-state index in [1.807, 2.05) is 26.0 Å². The monoisotopic (exact) mass is 295 g/mol. The molecule has 1 aromatic carbocycles. The number of hydrogen-bond donors (Lipinski definition) is 1. The molecule has 0 saturated carbocycles. The number of benzene rings is 1. The largest absolute Gasteiger partial charge is 0.506 e. The van der Waals surface area contributed by atoms with Crippen molar-refractivity contribution in [3.8, 4) is 11.8 Å². The molecule has 0 spiro atoms. The lowest BCUT2D eigenvalue weighted by Gasteiger charge is -2.33. The molecule has 1 aliphatic rings. The number of rotatable bonds is 1. The average molecular weight is 295 g/mol. The number of fused-ring (bicyclic) bond motifs is 1. The first-order chi connectivity index (χ1) is 10.5. The lowest BCUT2D eigenvalue weighted by molar-refractivity contribution is 0.444. The van der Waals surface area contributed by atoms with Gasteiger partial charge < -0.3 is 10.0 Å². The van der Waals surface area contributed by atoms with E-state index in [2.05, 4.69) is 22.9 Å². The molecule has 0 amide bonds. The van der Waals surface area contributed by atoms with Crippen LogP contribution in [-0.4, -0.2) is 23.2 Å². The van der Waals surface area contributed by atoms with Gasteiger partial charge in [0, 0.05) is 18.8 Å². The molecule has 4 heteroatoms. The minimum Gasteiger partial charge on any atom is -0.506 e.